The average molecular weight is 400 g/mol. The third-order valence-corrected chi connectivity index (χ3v) is 4.55. The molecule has 27 heavy (non-hydrogen) atoms. The number of hydrogen-bond acceptors (Lipinski definition) is 5. The highest BCUT2D eigenvalue weighted by molar-refractivity contribution is 6.30. The first-order valence-corrected chi connectivity index (χ1v) is 8.59. The Hall–Kier alpha value is -2.55. The van der Waals surface area contributed by atoms with Crippen molar-refractivity contribution in [3.63, 3.8) is 0 Å². The van der Waals surface area contributed by atoms with E-state index in [0.717, 1.165) is 18.8 Å². The summed E-state index contributed by atoms with van der Waals surface area (Å²) in [6, 6.07) is 7.33. The van der Waals surface area contributed by atoms with Crippen LogP contribution in [0.15, 0.2) is 30.5 Å². The van der Waals surface area contributed by atoms with Crippen molar-refractivity contribution in [2.75, 3.05) is 36.4 Å². The van der Waals surface area contributed by atoms with Crippen LogP contribution in [0.3, 0.4) is 0 Å². The van der Waals surface area contributed by atoms with Gasteiger partial charge in [-0.15, -0.1) is 0 Å². The van der Waals surface area contributed by atoms with E-state index in [1.54, 1.807) is 24.0 Å². The number of benzene rings is 1. The summed E-state index contributed by atoms with van der Waals surface area (Å²) < 4.78 is 38.1. The van der Waals surface area contributed by atoms with Crippen LogP contribution in [0, 0.1) is 0 Å². The summed E-state index contributed by atoms with van der Waals surface area (Å²) in [5.74, 6) is 0.0558. The highest BCUT2D eigenvalue weighted by atomic mass is 35.5. The van der Waals surface area contributed by atoms with Gasteiger partial charge in [-0.25, -0.2) is 9.97 Å². The first-order valence-electron chi connectivity index (χ1n) is 8.21. The maximum atomic E-state index is 12.7. The van der Waals surface area contributed by atoms with Gasteiger partial charge < -0.3 is 15.1 Å². The molecular formula is C17H17ClF3N5O. The van der Waals surface area contributed by atoms with Crippen LogP contribution in [-0.2, 0) is 11.0 Å². The largest absolute Gasteiger partial charge is 0.420 e. The number of piperazine rings is 1. The third kappa shape index (κ3) is 4.60. The highest BCUT2D eigenvalue weighted by Crippen LogP contribution is 2.33. The molecule has 1 aliphatic rings. The number of carbonyl (C=O) groups excluding carboxylic acids is 1. The molecule has 3 rings (SSSR count). The van der Waals surface area contributed by atoms with Gasteiger partial charge in [0.25, 0.3) is 0 Å². The maximum Gasteiger partial charge on any atom is 0.420 e. The summed E-state index contributed by atoms with van der Waals surface area (Å²) >= 11 is 5.60. The summed E-state index contributed by atoms with van der Waals surface area (Å²) in [5, 5.41) is 2.18. The van der Waals surface area contributed by atoms with Crippen molar-refractivity contribution in [1.29, 1.82) is 0 Å². The van der Waals surface area contributed by atoms with Crippen LogP contribution in [0.1, 0.15) is 12.5 Å². The molecule has 10 heteroatoms. The van der Waals surface area contributed by atoms with Crippen molar-refractivity contribution in [1.82, 2.24) is 14.9 Å². The molecule has 1 aliphatic heterocycles. The normalized spacial score (nSPS) is 15.0. The zero-order valence-corrected chi connectivity index (χ0v) is 15.2. The molecule has 0 spiro atoms. The Morgan fingerprint density at radius 2 is 1.78 bits per heavy atom. The Morgan fingerprint density at radius 3 is 2.30 bits per heavy atom. The SMILES string of the molecule is CC(=O)N1CCN(c2ccc(Nc3ncc(C(F)(F)F)c(Cl)n3)cc2)CC1. The fraction of sp³-hybridized carbons (Fsp3) is 0.353. The van der Waals surface area contributed by atoms with Crippen molar-refractivity contribution >= 4 is 34.8 Å². The molecule has 0 bridgehead atoms. The van der Waals surface area contributed by atoms with E-state index in [9.17, 15) is 18.0 Å². The maximum absolute atomic E-state index is 12.7. The molecule has 1 amide bonds. The Bertz CT molecular complexity index is 820. The zero-order chi connectivity index (χ0) is 19.6. The molecule has 1 aromatic carbocycles. The van der Waals surface area contributed by atoms with Gasteiger partial charge in [-0.3, -0.25) is 4.79 Å². The number of halogens is 4. The molecule has 0 unspecified atom stereocenters. The monoisotopic (exact) mass is 399 g/mol. The molecule has 0 saturated carbocycles. The van der Waals surface area contributed by atoms with E-state index in [1.165, 1.54) is 0 Å². The second kappa shape index (κ2) is 7.59. The Labute approximate surface area is 159 Å². The molecule has 2 aromatic rings. The lowest BCUT2D eigenvalue weighted by atomic mass is 10.2. The summed E-state index contributed by atoms with van der Waals surface area (Å²) in [5.41, 5.74) is 0.543. The average Bonchev–Trinajstić information content (AvgIpc) is 2.61. The van der Waals surface area contributed by atoms with E-state index < -0.39 is 16.9 Å². The van der Waals surface area contributed by atoms with Crippen LogP contribution < -0.4 is 10.2 Å². The lowest BCUT2D eigenvalue weighted by Gasteiger charge is -2.35. The van der Waals surface area contributed by atoms with Crippen molar-refractivity contribution in [2.24, 2.45) is 0 Å². The van der Waals surface area contributed by atoms with E-state index in [-0.39, 0.29) is 11.9 Å². The number of amides is 1. The van der Waals surface area contributed by atoms with Gasteiger partial charge in [-0.05, 0) is 24.3 Å². The van der Waals surface area contributed by atoms with E-state index >= 15 is 0 Å². The van der Waals surface area contributed by atoms with Crippen LogP contribution in [0.4, 0.5) is 30.5 Å². The fourth-order valence-electron chi connectivity index (χ4n) is 2.78. The Morgan fingerprint density at radius 1 is 1.15 bits per heavy atom. The fourth-order valence-corrected chi connectivity index (χ4v) is 3.01. The van der Waals surface area contributed by atoms with E-state index in [0.29, 0.717) is 25.0 Å². The molecule has 0 atom stereocenters. The molecule has 144 valence electrons. The van der Waals surface area contributed by atoms with E-state index in [2.05, 4.69) is 20.2 Å². The molecule has 1 saturated heterocycles. The number of aromatic nitrogens is 2. The van der Waals surface area contributed by atoms with Crippen molar-refractivity contribution in [2.45, 2.75) is 13.1 Å². The standard InChI is InChI=1S/C17H17ClF3N5O/c1-11(27)25-6-8-26(9-7-25)13-4-2-12(3-5-13)23-16-22-10-14(15(18)24-16)17(19,20)21/h2-5,10H,6-9H2,1H3,(H,22,23,24). The summed E-state index contributed by atoms with van der Waals surface area (Å²) in [6.45, 7) is 4.39. The minimum Gasteiger partial charge on any atom is -0.368 e. The minimum absolute atomic E-state index is 0.0178. The Balaban J connectivity index is 1.65. The first-order chi connectivity index (χ1) is 12.7. The molecule has 0 aliphatic carbocycles. The third-order valence-electron chi connectivity index (χ3n) is 4.26. The number of nitrogens with one attached hydrogen (secondary N) is 1. The highest BCUT2D eigenvalue weighted by Gasteiger charge is 2.34. The summed E-state index contributed by atoms with van der Waals surface area (Å²) in [6.07, 6.45) is -3.94. The minimum atomic E-state index is -4.59. The first kappa shape index (κ1) is 19.2. The summed E-state index contributed by atoms with van der Waals surface area (Å²) in [7, 11) is 0. The zero-order valence-electron chi connectivity index (χ0n) is 14.4. The lowest BCUT2D eigenvalue weighted by molar-refractivity contribution is -0.138. The number of alkyl halides is 3. The van der Waals surface area contributed by atoms with Gasteiger partial charge >= 0.3 is 6.18 Å². The number of nitrogens with zero attached hydrogens (tertiary/aromatic N) is 4. The van der Waals surface area contributed by atoms with Gasteiger partial charge in [0, 0.05) is 50.7 Å². The van der Waals surface area contributed by atoms with Crippen LogP contribution in [-0.4, -0.2) is 47.0 Å². The molecule has 0 radical (unpaired) electrons. The number of carbonyl (C=O) groups is 1. The summed E-state index contributed by atoms with van der Waals surface area (Å²) in [4.78, 5) is 22.7. The van der Waals surface area contributed by atoms with Crippen LogP contribution >= 0.6 is 11.6 Å². The number of hydrogen-bond donors (Lipinski definition) is 1. The van der Waals surface area contributed by atoms with Crippen molar-refractivity contribution in [3.8, 4) is 0 Å². The predicted molar refractivity (Wildman–Crippen MR) is 96.2 cm³/mol. The smallest absolute Gasteiger partial charge is 0.368 e. The second-order valence-corrected chi connectivity index (χ2v) is 6.42. The van der Waals surface area contributed by atoms with E-state index in [1.807, 2.05) is 12.1 Å². The lowest BCUT2D eigenvalue weighted by Crippen LogP contribution is -2.48. The molecule has 1 aromatic heterocycles. The van der Waals surface area contributed by atoms with E-state index in [4.69, 9.17) is 11.6 Å². The molecular weight excluding hydrogens is 383 g/mol. The second-order valence-electron chi connectivity index (χ2n) is 6.06. The predicted octanol–water partition coefficient (Wildman–Crippen LogP) is 3.56. The van der Waals surface area contributed by atoms with Gasteiger partial charge in [0.1, 0.15) is 10.7 Å². The van der Waals surface area contributed by atoms with Crippen LogP contribution in [0.2, 0.25) is 5.15 Å². The number of anilines is 3. The van der Waals surface area contributed by atoms with Gasteiger partial charge in [0.15, 0.2) is 0 Å². The molecule has 1 N–H and O–H groups in total. The Kier molecular flexibility index (Phi) is 5.41. The van der Waals surface area contributed by atoms with Crippen LogP contribution in [0.25, 0.3) is 0 Å². The van der Waals surface area contributed by atoms with Gasteiger partial charge in [0.05, 0.1) is 0 Å². The van der Waals surface area contributed by atoms with Crippen molar-refractivity contribution in [3.05, 3.63) is 41.2 Å². The molecule has 2 heterocycles. The number of rotatable bonds is 3. The molecule has 6 nitrogen and oxygen atoms in total. The quantitative estimate of drug-likeness (QED) is 0.800. The molecule has 1 fully saturated rings. The van der Waals surface area contributed by atoms with Gasteiger partial charge in [0.2, 0.25) is 11.9 Å². The topological polar surface area (TPSA) is 61.4 Å². The van der Waals surface area contributed by atoms with Crippen molar-refractivity contribution < 1.29 is 18.0 Å². The van der Waals surface area contributed by atoms with Crippen LogP contribution in [0.5, 0.6) is 0 Å². The van der Waals surface area contributed by atoms with Gasteiger partial charge in [-0.1, -0.05) is 11.6 Å². The van der Waals surface area contributed by atoms with Gasteiger partial charge in [-0.2, -0.15) is 13.2 Å².